The Morgan fingerprint density at radius 2 is 1.02 bits per heavy atom. The van der Waals surface area contributed by atoms with Gasteiger partial charge in [-0.2, -0.15) is 0 Å². The third-order valence-electron chi connectivity index (χ3n) is 10.7. The Kier molecular flexibility index (Phi) is 6.76. The fraction of sp³-hybridized carbons (Fsp3) is 0. The molecule has 3 heteroatoms. The molecule has 0 saturated heterocycles. The van der Waals surface area contributed by atoms with Crippen LogP contribution < -0.4 is 4.90 Å². The zero-order valence-corrected chi connectivity index (χ0v) is 29.6. The highest BCUT2D eigenvalue weighted by Crippen LogP contribution is 2.43. The van der Waals surface area contributed by atoms with Gasteiger partial charge in [-0.25, -0.2) is 0 Å². The Balaban J connectivity index is 1.04. The number of hydrogen-bond acceptors (Lipinski definition) is 2. The Morgan fingerprint density at radius 3 is 1.91 bits per heavy atom. The number of para-hydroxylation sites is 1. The number of benzene rings is 9. The Bertz CT molecular complexity index is 3180. The van der Waals surface area contributed by atoms with Gasteiger partial charge in [0.2, 0.25) is 0 Å². The van der Waals surface area contributed by atoms with E-state index in [4.69, 9.17) is 0 Å². The van der Waals surface area contributed by atoms with Gasteiger partial charge in [0.25, 0.3) is 0 Å². The SMILES string of the molecule is c1ccc2cc(-n3c4ccccc4c4cc(-c5ccc(N(c6ccc7sc8ccccc8c7c6)c6cccc7ccccc67)cc5)ccc43)ccc2c1. The molecule has 0 fully saturated rings. The smallest absolute Gasteiger partial charge is 0.0541 e. The number of nitrogens with zero attached hydrogens (tertiary/aromatic N) is 2. The number of anilines is 3. The number of hydrogen-bond donors (Lipinski definition) is 0. The van der Waals surface area contributed by atoms with Gasteiger partial charge < -0.3 is 9.47 Å². The highest BCUT2D eigenvalue weighted by atomic mass is 32.1. The first-order valence-corrected chi connectivity index (χ1v) is 18.9. The number of rotatable bonds is 5. The molecule has 2 aromatic heterocycles. The van der Waals surface area contributed by atoms with E-state index < -0.39 is 0 Å². The van der Waals surface area contributed by atoms with Crippen molar-refractivity contribution in [2.75, 3.05) is 4.90 Å². The fourth-order valence-corrected chi connectivity index (χ4v) is 9.32. The van der Waals surface area contributed by atoms with Gasteiger partial charge in [-0.05, 0) is 100 Å². The molecule has 0 atom stereocenters. The second kappa shape index (κ2) is 11.9. The summed E-state index contributed by atoms with van der Waals surface area (Å²) < 4.78 is 5.03. The summed E-state index contributed by atoms with van der Waals surface area (Å²) in [6.45, 7) is 0. The molecule has 248 valence electrons. The van der Waals surface area contributed by atoms with Gasteiger partial charge in [0.1, 0.15) is 0 Å². The van der Waals surface area contributed by atoms with Crippen LogP contribution in [0.15, 0.2) is 194 Å². The van der Waals surface area contributed by atoms with Gasteiger partial charge in [-0.15, -0.1) is 11.3 Å². The van der Waals surface area contributed by atoms with Crippen LogP contribution in [0.1, 0.15) is 0 Å². The minimum atomic E-state index is 1.12. The molecular weight excluding hydrogens is 661 g/mol. The molecule has 0 amide bonds. The van der Waals surface area contributed by atoms with Crippen molar-refractivity contribution in [2.45, 2.75) is 0 Å². The lowest BCUT2D eigenvalue weighted by atomic mass is 10.0. The van der Waals surface area contributed by atoms with Crippen LogP contribution in [0.4, 0.5) is 17.1 Å². The first-order chi connectivity index (χ1) is 26.3. The third kappa shape index (κ3) is 4.86. The summed E-state index contributed by atoms with van der Waals surface area (Å²) in [5.41, 5.74) is 9.42. The van der Waals surface area contributed by atoms with E-state index in [9.17, 15) is 0 Å². The molecule has 2 heterocycles. The first-order valence-electron chi connectivity index (χ1n) is 18.1. The Hall–Kier alpha value is -6.68. The lowest BCUT2D eigenvalue weighted by Gasteiger charge is -2.27. The van der Waals surface area contributed by atoms with Crippen molar-refractivity contribution in [1.29, 1.82) is 0 Å². The average molecular weight is 693 g/mol. The molecule has 2 nitrogen and oxygen atoms in total. The summed E-state index contributed by atoms with van der Waals surface area (Å²) in [6.07, 6.45) is 0. The topological polar surface area (TPSA) is 8.17 Å². The maximum absolute atomic E-state index is 2.42. The maximum Gasteiger partial charge on any atom is 0.0541 e. The minimum absolute atomic E-state index is 1.12. The number of thiophene rings is 1. The Labute approximate surface area is 311 Å². The molecule has 0 N–H and O–H groups in total. The molecule has 9 aromatic carbocycles. The van der Waals surface area contributed by atoms with Crippen molar-refractivity contribution in [3.63, 3.8) is 0 Å². The largest absolute Gasteiger partial charge is 0.310 e. The molecule has 0 aliphatic rings. The van der Waals surface area contributed by atoms with Crippen LogP contribution in [0, 0.1) is 0 Å². The molecule has 0 aliphatic carbocycles. The molecule has 11 aromatic rings. The fourth-order valence-electron chi connectivity index (χ4n) is 8.23. The summed E-state index contributed by atoms with van der Waals surface area (Å²) in [6, 6.07) is 71.1. The van der Waals surface area contributed by atoms with E-state index >= 15 is 0 Å². The van der Waals surface area contributed by atoms with Gasteiger partial charge in [0, 0.05) is 53.4 Å². The molecule has 53 heavy (non-hydrogen) atoms. The first kappa shape index (κ1) is 30.0. The number of aromatic nitrogens is 1. The van der Waals surface area contributed by atoms with Crippen molar-refractivity contribution in [3.8, 4) is 16.8 Å². The zero-order chi connectivity index (χ0) is 34.9. The lowest BCUT2D eigenvalue weighted by molar-refractivity contribution is 1.19. The molecule has 0 saturated carbocycles. The lowest BCUT2D eigenvalue weighted by Crippen LogP contribution is -2.10. The van der Waals surface area contributed by atoms with Gasteiger partial charge in [0.15, 0.2) is 0 Å². The van der Waals surface area contributed by atoms with E-state index in [2.05, 4.69) is 204 Å². The zero-order valence-electron chi connectivity index (χ0n) is 28.8. The van der Waals surface area contributed by atoms with Crippen LogP contribution in [-0.2, 0) is 0 Å². The normalized spacial score (nSPS) is 11.8. The molecule has 11 rings (SSSR count). The van der Waals surface area contributed by atoms with Crippen LogP contribution >= 0.6 is 11.3 Å². The second-order valence-electron chi connectivity index (χ2n) is 13.8. The van der Waals surface area contributed by atoms with Crippen molar-refractivity contribution in [3.05, 3.63) is 194 Å². The van der Waals surface area contributed by atoms with Crippen molar-refractivity contribution in [1.82, 2.24) is 4.57 Å². The maximum atomic E-state index is 2.42. The van der Waals surface area contributed by atoms with Crippen molar-refractivity contribution >= 4 is 91.9 Å². The van der Waals surface area contributed by atoms with Crippen molar-refractivity contribution in [2.24, 2.45) is 0 Å². The Morgan fingerprint density at radius 1 is 0.358 bits per heavy atom. The highest BCUT2D eigenvalue weighted by molar-refractivity contribution is 7.25. The molecule has 0 unspecified atom stereocenters. The predicted octanol–water partition coefficient (Wildman–Crippen LogP) is 14.6. The predicted molar refractivity (Wildman–Crippen MR) is 229 cm³/mol. The summed E-state index contributed by atoms with van der Waals surface area (Å²) in [5, 5.41) is 10.1. The summed E-state index contributed by atoms with van der Waals surface area (Å²) >= 11 is 1.86. The van der Waals surface area contributed by atoms with Crippen LogP contribution in [0.2, 0.25) is 0 Å². The summed E-state index contributed by atoms with van der Waals surface area (Å²) in [5.74, 6) is 0. The van der Waals surface area contributed by atoms with Gasteiger partial charge in [-0.1, -0.05) is 121 Å². The van der Waals surface area contributed by atoms with E-state index in [1.165, 1.54) is 80.3 Å². The van der Waals surface area contributed by atoms with Gasteiger partial charge in [-0.3, -0.25) is 0 Å². The summed E-state index contributed by atoms with van der Waals surface area (Å²) in [4.78, 5) is 2.42. The standard InChI is InChI=1S/C50H32N2S/c1-2-12-36-30-39(26-22-33(36)10-1)52-47-17-7-5-15-42(47)44-31-37(23-28-48(44)52)34-20-24-38(25-21-34)51(46-18-9-13-35-11-3-4-14-41(35)46)40-27-29-50-45(32-40)43-16-6-8-19-49(43)53-50/h1-32H. The van der Waals surface area contributed by atoms with Crippen LogP contribution in [-0.4, -0.2) is 4.57 Å². The average Bonchev–Trinajstić information content (AvgIpc) is 3.76. The quantitative estimate of drug-likeness (QED) is 0.174. The summed E-state index contributed by atoms with van der Waals surface area (Å²) in [7, 11) is 0. The third-order valence-corrected chi connectivity index (χ3v) is 11.9. The van der Waals surface area contributed by atoms with Crippen molar-refractivity contribution < 1.29 is 0 Å². The number of fused-ring (bicyclic) bond motifs is 8. The monoisotopic (exact) mass is 692 g/mol. The molecule has 0 radical (unpaired) electrons. The van der Waals surface area contributed by atoms with Crippen LogP contribution in [0.3, 0.4) is 0 Å². The molecule has 0 bridgehead atoms. The van der Waals surface area contributed by atoms with E-state index in [-0.39, 0.29) is 0 Å². The van der Waals surface area contributed by atoms with Gasteiger partial charge >= 0.3 is 0 Å². The van der Waals surface area contributed by atoms with E-state index in [0.717, 1.165) is 17.1 Å². The van der Waals surface area contributed by atoms with Gasteiger partial charge in [0.05, 0.1) is 16.7 Å². The molecule has 0 aliphatic heterocycles. The van der Waals surface area contributed by atoms with E-state index in [1.807, 2.05) is 11.3 Å². The van der Waals surface area contributed by atoms with Crippen LogP contribution in [0.25, 0.3) is 80.3 Å². The second-order valence-corrected chi connectivity index (χ2v) is 14.9. The minimum Gasteiger partial charge on any atom is -0.310 e. The molecular formula is C50H32N2S. The van der Waals surface area contributed by atoms with E-state index in [0.29, 0.717) is 0 Å². The highest BCUT2D eigenvalue weighted by Gasteiger charge is 2.18. The van der Waals surface area contributed by atoms with Crippen LogP contribution in [0.5, 0.6) is 0 Å². The van der Waals surface area contributed by atoms with E-state index in [1.54, 1.807) is 0 Å². The molecule has 0 spiro atoms.